The topological polar surface area (TPSA) is 15.3 Å². The van der Waals surface area contributed by atoms with Crippen molar-refractivity contribution >= 4 is 0 Å². The van der Waals surface area contributed by atoms with Crippen LogP contribution >= 0.6 is 0 Å². The van der Waals surface area contributed by atoms with Crippen LogP contribution in [0.1, 0.15) is 30.5 Å². The number of benzene rings is 1. The molecule has 0 spiro atoms. The third kappa shape index (κ3) is 2.57. The average molecular weight is 250 g/mol. The third-order valence-corrected chi connectivity index (χ3v) is 4.04. The van der Waals surface area contributed by atoms with Crippen LogP contribution in [-0.2, 0) is 0 Å². The summed E-state index contributed by atoms with van der Waals surface area (Å²) in [5, 5.41) is 3.26. The molecule has 1 fully saturated rings. The van der Waals surface area contributed by atoms with Crippen molar-refractivity contribution in [3.05, 3.63) is 35.1 Å². The fourth-order valence-electron chi connectivity index (χ4n) is 3.03. The van der Waals surface area contributed by atoms with E-state index in [2.05, 4.69) is 23.2 Å². The van der Waals surface area contributed by atoms with Gasteiger partial charge in [-0.15, -0.1) is 0 Å². The first-order valence-electron chi connectivity index (χ1n) is 6.82. The van der Waals surface area contributed by atoms with Gasteiger partial charge in [0.05, 0.1) is 0 Å². The number of rotatable bonds is 4. The summed E-state index contributed by atoms with van der Waals surface area (Å²) in [5.41, 5.74) is 1.85. The van der Waals surface area contributed by atoms with Gasteiger partial charge in [-0.05, 0) is 63.1 Å². The molecule has 1 aromatic carbocycles. The van der Waals surface area contributed by atoms with Gasteiger partial charge in [-0.3, -0.25) is 4.90 Å². The molecule has 0 aliphatic carbocycles. The van der Waals surface area contributed by atoms with Crippen LogP contribution in [0.5, 0.6) is 0 Å². The van der Waals surface area contributed by atoms with E-state index in [0.29, 0.717) is 12.0 Å². The fraction of sp³-hybridized carbons (Fsp3) is 0.600. The molecule has 0 aromatic heterocycles. The second kappa shape index (κ2) is 5.81. The number of nitrogens with zero attached hydrogens (tertiary/aromatic N) is 1. The molecule has 0 saturated carbocycles. The predicted molar refractivity (Wildman–Crippen MR) is 73.2 cm³/mol. The average Bonchev–Trinajstić information content (AvgIpc) is 2.76. The summed E-state index contributed by atoms with van der Waals surface area (Å²) in [6, 6.07) is 6.06. The third-order valence-electron chi connectivity index (χ3n) is 4.04. The van der Waals surface area contributed by atoms with E-state index in [4.69, 9.17) is 0 Å². The SMILES string of the molecule is CCN1CCC(CNC)C1c1ccc(C)c(F)c1. The van der Waals surface area contributed by atoms with Crippen LogP contribution in [0.3, 0.4) is 0 Å². The van der Waals surface area contributed by atoms with Crippen LogP contribution in [0.2, 0.25) is 0 Å². The van der Waals surface area contributed by atoms with Crippen molar-refractivity contribution < 1.29 is 4.39 Å². The fourth-order valence-corrected chi connectivity index (χ4v) is 3.03. The minimum Gasteiger partial charge on any atom is -0.319 e. The standard InChI is InChI=1S/C15H23FN2/c1-4-18-8-7-13(10-17-3)15(18)12-6-5-11(2)14(16)9-12/h5-6,9,13,15,17H,4,7-8,10H2,1-3H3. The molecule has 2 rings (SSSR count). The van der Waals surface area contributed by atoms with Gasteiger partial charge in [0.25, 0.3) is 0 Å². The number of hydrogen-bond acceptors (Lipinski definition) is 2. The maximum atomic E-state index is 13.7. The summed E-state index contributed by atoms with van der Waals surface area (Å²) in [4.78, 5) is 2.45. The Hall–Kier alpha value is -0.930. The first-order chi connectivity index (χ1) is 8.67. The van der Waals surface area contributed by atoms with Gasteiger partial charge in [0.1, 0.15) is 5.82 Å². The molecule has 0 bridgehead atoms. The molecule has 1 saturated heterocycles. The van der Waals surface area contributed by atoms with Crippen LogP contribution in [0.15, 0.2) is 18.2 Å². The van der Waals surface area contributed by atoms with Crippen LogP contribution in [0, 0.1) is 18.7 Å². The van der Waals surface area contributed by atoms with Crippen molar-refractivity contribution in [3.63, 3.8) is 0 Å². The number of aryl methyl sites for hydroxylation is 1. The van der Waals surface area contributed by atoms with Crippen LogP contribution in [0.25, 0.3) is 0 Å². The van der Waals surface area contributed by atoms with E-state index in [9.17, 15) is 4.39 Å². The summed E-state index contributed by atoms with van der Waals surface area (Å²) in [6.07, 6.45) is 1.19. The molecule has 1 aliphatic rings. The smallest absolute Gasteiger partial charge is 0.126 e. The summed E-state index contributed by atoms with van der Waals surface area (Å²) in [7, 11) is 1.99. The Morgan fingerprint density at radius 1 is 1.44 bits per heavy atom. The van der Waals surface area contributed by atoms with Crippen LogP contribution < -0.4 is 5.32 Å². The zero-order chi connectivity index (χ0) is 13.1. The number of nitrogens with one attached hydrogen (secondary N) is 1. The van der Waals surface area contributed by atoms with E-state index in [1.807, 2.05) is 20.0 Å². The minimum atomic E-state index is -0.0846. The van der Waals surface area contributed by atoms with E-state index < -0.39 is 0 Å². The molecule has 3 heteroatoms. The van der Waals surface area contributed by atoms with Gasteiger partial charge in [-0.2, -0.15) is 0 Å². The first kappa shape index (κ1) is 13.5. The Balaban J connectivity index is 2.28. The summed E-state index contributed by atoms with van der Waals surface area (Å²) in [5.74, 6) is 0.496. The molecule has 0 amide bonds. The van der Waals surface area contributed by atoms with E-state index in [0.717, 1.165) is 30.8 Å². The monoisotopic (exact) mass is 250 g/mol. The van der Waals surface area contributed by atoms with E-state index >= 15 is 0 Å². The predicted octanol–water partition coefficient (Wildman–Crippen LogP) is 2.74. The Kier molecular flexibility index (Phi) is 4.36. The Bertz CT molecular complexity index is 405. The van der Waals surface area contributed by atoms with Gasteiger partial charge in [0.15, 0.2) is 0 Å². The lowest BCUT2D eigenvalue weighted by atomic mass is 9.93. The van der Waals surface area contributed by atoms with Gasteiger partial charge in [0.2, 0.25) is 0 Å². The van der Waals surface area contributed by atoms with Crippen LogP contribution in [-0.4, -0.2) is 31.6 Å². The van der Waals surface area contributed by atoms with Gasteiger partial charge < -0.3 is 5.32 Å². The van der Waals surface area contributed by atoms with Crippen LogP contribution in [0.4, 0.5) is 4.39 Å². The molecule has 2 unspecified atom stereocenters. The highest BCUT2D eigenvalue weighted by Crippen LogP contribution is 2.37. The molecule has 1 aliphatic heterocycles. The molecular formula is C15H23FN2. The zero-order valence-corrected chi connectivity index (χ0v) is 11.5. The minimum absolute atomic E-state index is 0.0846. The maximum Gasteiger partial charge on any atom is 0.126 e. The highest BCUT2D eigenvalue weighted by atomic mass is 19.1. The molecule has 2 nitrogen and oxygen atoms in total. The maximum absolute atomic E-state index is 13.7. The zero-order valence-electron chi connectivity index (χ0n) is 11.5. The second-order valence-electron chi connectivity index (χ2n) is 5.19. The van der Waals surface area contributed by atoms with E-state index in [1.165, 1.54) is 6.42 Å². The molecule has 1 heterocycles. The molecule has 1 N–H and O–H groups in total. The van der Waals surface area contributed by atoms with Gasteiger partial charge in [-0.1, -0.05) is 19.1 Å². The second-order valence-corrected chi connectivity index (χ2v) is 5.19. The van der Waals surface area contributed by atoms with Crippen molar-refractivity contribution in [2.24, 2.45) is 5.92 Å². The number of hydrogen-bond donors (Lipinski definition) is 1. The summed E-state index contributed by atoms with van der Waals surface area (Å²) in [6.45, 7) is 7.13. The number of halogens is 1. The normalized spacial score (nSPS) is 24.7. The van der Waals surface area contributed by atoms with Crippen molar-refractivity contribution in [3.8, 4) is 0 Å². The lowest BCUT2D eigenvalue weighted by molar-refractivity contribution is 0.237. The van der Waals surface area contributed by atoms with Crippen molar-refractivity contribution in [1.82, 2.24) is 10.2 Å². The molecular weight excluding hydrogens is 227 g/mol. The Morgan fingerprint density at radius 2 is 2.22 bits per heavy atom. The quantitative estimate of drug-likeness (QED) is 0.884. The Morgan fingerprint density at radius 3 is 2.83 bits per heavy atom. The van der Waals surface area contributed by atoms with Crippen molar-refractivity contribution in [2.75, 3.05) is 26.7 Å². The van der Waals surface area contributed by atoms with Gasteiger partial charge >= 0.3 is 0 Å². The van der Waals surface area contributed by atoms with Crippen molar-refractivity contribution in [2.45, 2.75) is 26.3 Å². The highest BCUT2D eigenvalue weighted by molar-refractivity contribution is 5.27. The summed E-state index contributed by atoms with van der Waals surface area (Å²) >= 11 is 0. The lowest BCUT2D eigenvalue weighted by Gasteiger charge is -2.28. The number of likely N-dealkylation sites (tertiary alicyclic amines) is 1. The molecule has 18 heavy (non-hydrogen) atoms. The van der Waals surface area contributed by atoms with E-state index in [1.54, 1.807) is 6.07 Å². The highest BCUT2D eigenvalue weighted by Gasteiger charge is 2.33. The first-order valence-corrected chi connectivity index (χ1v) is 6.82. The van der Waals surface area contributed by atoms with Crippen molar-refractivity contribution in [1.29, 1.82) is 0 Å². The summed E-state index contributed by atoms with van der Waals surface area (Å²) < 4.78 is 13.7. The van der Waals surface area contributed by atoms with Gasteiger partial charge in [-0.25, -0.2) is 4.39 Å². The molecule has 100 valence electrons. The largest absolute Gasteiger partial charge is 0.319 e. The lowest BCUT2D eigenvalue weighted by Crippen LogP contribution is -2.29. The molecule has 1 aromatic rings. The van der Waals surface area contributed by atoms with E-state index in [-0.39, 0.29) is 5.82 Å². The Labute approximate surface area is 109 Å². The molecule has 2 atom stereocenters. The van der Waals surface area contributed by atoms with Gasteiger partial charge in [0, 0.05) is 6.04 Å². The molecule has 0 radical (unpaired) electrons.